The number of amides is 1. The van der Waals surface area contributed by atoms with E-state index in [1.807, 2.05) is 4.90 Å². The first kappa shape index (κ1) is 11.7. The first-order valence-electron chi connectivity index (χ1n) is 5.79. The van der Waals surface area contributed by atoms with E-state index in [1.165, 1.54) is 0 Å². The van der Waals surface area contributed by atoms with E-state index < -0.39 is 0 Å². The summed E-state index contributed by atoms with van der Waals surface area (Å²) >= 11 is 0. The van der Waals surface area contributed by atoms with E-state index in [-0.39, 0.29) is 11.9 Å². The zero-order valence-corrected chi connectivity index (χ0v) is 9.93. The molecule has 1 atom stereocenters. The van der Waals surface area contributed by atoms with Gasteiger partial charge in [0.1, 0.15) is 6.61 Å². The number of hydrogen-bond acceptors (Lipinski definition) is 4. The molecule has 0 aromatic carbocycles. The van der Waals surface area contributed by atoms with E-state index in [9.17, 15) is 4.79 Å². The molecule has 1 aliphatic rings. The van der Waals surface area contributed by atoms with E-state index in [0.29, 0.717) is 18.2 Å². The topological polar surface area (TPSA) is 68.5 Å². The number of aromatic nitrogens is 1. The quantitative estimate of drug-likeness (QED) is 0.850. The average molecular weight is 235 g/mol. The van der Waals surface area contributed by atoms with Crippen LogP contribution in [0.5, 0.6) is 5.88 Å². The second-order valence-corrected chi connectivity index (χ2v) is 4.22. The Balaban J connectivity index is 1.94. The van der Waals surface area contributed by atoms with E-state index in [1.54, 1.807) is 25.3 Å². The van der Waals surface area contributed by atoms with Crippen LogP contribution in [0, 0.1) is 0 Å². The van der Waals surface area contributed by atoms with Gasteiger partial charge in [-0.1, -0.05) is 0 Å². The van der Waals surface area contributed by atoms with Crippen LogP contribution in [0.15, 0.2) is 18.3 Å². The molecule has 1 amide bonds. The third-order valence-corrected chi connectivity index (χ3v) is 2.99. The Labute approximate surface area is 101 Å². The first-order chi connectivity index (χ1) is 8.18. The molecule has 92 valence electrons. The SMILES string of the molecule is CC(=O)N1CCC[C@H]1COc1ncccc1N. The minimum Gasteiger partial charge on any atom is -0.474 e. The van der Waals surface area contributed by atoms with Crippen LogP contribution in [-0.2, 0) is 4.79 Å². The molecule has 0 unspecified atom stereocenters. The maximum absolute atomic E-state index is 11.4. The second-order valence-electron chi connectivity index (χ2n) is 4.22. The van der Waals surface area contributed by atoms with Crippen molar-refractivity contribution in [2.75, 3.05) is 18.9 Å². The minimum absolute atomic E-state index is 0.102. The van der Waals surface area contributed by atoms with Crippen molar-refractivity contribution in [1.29, 1.82) is 0 Å². The van der Waals surface area contributed by atoms with E-state index in [0.717, 1.165) is 19.4 Å². The molecule has 0 saturated carbocycles. The molecule has 0 radical (unpaired) electrons. The van der Waals surface area contributed by atoms with Gasteiger partial charge in [0, 0.05) is 19.7 Å². The highest BCUT2D eigenvalue weighted by Crippen LogP contribution is 2.21. The van der Waals surface area contributed by atoms with Crippen LogP contribution in [0.4, 0.5) is 5.69 Å². The summed E-state index contributed by atoms with van der Waals surface area (Å²) in [5, 5.41) is 0. The smallest absolute Gasteiger partial charge is 0.237 e. The lowest BCUT2D eigenvalue weighted by atomic mass is 10.2. The highest BCUT2D eigenvalue weighted by Gasteiger charge is 2.27. The number of carbonyl (C=O) groups is 1. The van der Waals surface area contributed by atoms with Gasteiger partial charge in [-0.15, -0.1) is 0 Å². The molecule has 1 aromatic heterocycles. The van der Waals surface area contributed by atoms with E-state index in [2.05, 4.69) is 4.98 Å². The zero-order valence-electron chi connectivity index (χ0n) is 9.93. The van der Waals surface area contributed by atoms with Gasteiger partial charge in [0.05, 0.1) is 11.7 Å². The maximum Gasteiger partial charge on any atom is 0.237 e. The summed E-state index contributed by atoms with van der Waals surface area (Å²) in [5.74, 6) is 0.549. The molecule has 0 spiro atoms. The molecular weight excluding hydrogens is 218 g/mol. The number of carbonyl (C=O) groups excluding carboxylic acids is 1. The first-order valence-corrected chi connectivity index (χ1v) is 5.79. The number of anilines is 1. The van der Waals surface area contributed by atoms with Gasteiger partial charge in [-0.25, -0.2) is 4.98 Å². The van der Waals surface area contributed by atoms with E-state index >= 15 is 0 Å². The van der Waals surface area contributed by atoms with Crippen molar-refractivity contribution in [3.63, 3.8) is 0 Å². The van der Waals surface area contributed by atoms with E-state index in [4.69, 9.17) is 10.5 Å². The molecule has 0 aliphatic carbocycles. The molecule has 1 fully saturated rings. The number of pyridine rings is 1. The Morgan fingerprint density at radius 1 is 1.71 bits per heavy atom. The number of nitrogens with zero attached hydrogens (tertiary/aromatic N) is 2. The lowest BCUT2D eigenvalue weighted by molar-refractivity contribution is -0.130. The monoisotopic (exact) mass is 235 g/mol. The normalized spacial score (nSPS) is 19.4. The Morgan fingerprint density at radius 3 is 3.24 bits per heavy atom. The van der Waals surface area contributed by atoms with Crippen LogP contribution >= 0.6 is 0 Å². The molecule has 17 heavy (non-hydrogen) atoms. The molecule has 1 saturated heterocycles. The minimum atomic E-state index is 0.102. The Bertz CT molecular complexity index is 408. The van der Waals surface area contributed by atoms with Gasteiger partial charge in [-0.2, -0.15) is 0 Å². The summed E-state index contributed by atoms with van der Waals surface area (Å²) in [4.78, 5) is 17.3. The van der Waals surface area contributed by atoms with Crippen molar-refractivity contribution < 1.29 is 9.53 Å². The maximum atomic E-state index is 11.4. The fourth-order valence-corrected chi connectivity index (χ4v) is 2.12. The molecular formula is C12H17N3O2. The van der Waals surface area contributed by atoms with Crippen molar-refractivity contribution in [3.05, 3.63) is 18.3 Å². The summed E-state index contributed by atoms with van der Waals surface area (Å²) < 4.78 is 5.57. The molecule has 1 aliphatic heterocycles. The molecule has 0 bridgehead atoms. The van der Waals surface area contributed by atoms with Crippen LogP contribution in [0.2, 0.25) is 0 Å². The zero-order chi connectivity index (χ0) is 12.3. The Kier molecular flexibility index (Phi) is 3.46. The molecule has 2 heterocycles. The number of rotatable bonds is 3. The molecule has 5 heteroatoms. The van der Waals surface area contributed by atoms with Crippen LogP contribution in [0.3, 0.4) is 0 Å². The van der Waals surface area contributed by atoms with Crippen LogP contribution < -0.4 is 10.5 Å². The van der Waals surface area contributed by atoms with Crippen molar-refractivity contribution in [1.82, 2.24) is 9.88 Å². The summed E-state index contributed by atoms with van der Waals surface area (Å²) in [6.45, 7) is 2.87. The van der Waals surface area contributed by atoms with Crippen LogP contribution in [-0.4, -0.2) is 35.0 Å². The third kappa shape index (κ3) is 2.67. The van der Waals surface area contributed by atoms with Gasteiger partial charge in [-0.3, -0.25) is 4.79 Å². The van der Waals surface area contributed by atoms with Gasteiger partial charge in [0.25, 0.3) is 0 Å². The van der Waals surface area contributed by atoms with Gasteiger partial charge in [-0.05, 0) is 25.0 Å². The highest BCUT2D eigenvalue weighted by molar-refractivity contribution is 5.73. The molecule has 2 N–H and O–H groups in total. The summed E-state index contributed by atoms with van der Waals surface area (Å²) in [6, 6.07) is 3.66. The fourth-order valence-electron chi connectivity index (χ4n) is 2.12. The number of likely N-dealkylation sites (tertiary alicyclic amines) is 1. The van der Waals surface area contributed by atoms with Gasteiger partial charge < -0.3 is 15.4 Å². The highest BCUT2D eigenvalue weighted by atomic mass is 16.5. The summed E-state index contributed by atoms with van der Waals surface area (Å²) in [6.07, 6.45) is 3.65. The largest absolute Gasteiger partial charge is 0.474 e. The third-order valence-electron chi connectivity index (χ3n) is 2.99. The number of ether oxygens (including phenoxy) is 1. The fraction of sp³-hybridized carbons (Fsp3) is 0.500. The number of hydrogen-bond donors (Lipinski definition) is 1. The number of nitrogen functional groups attached to an aromatic ring is 1. The predicted octanol–water partition coefficient (Wildman–Crippen LogP) is 1.05. The van der Waals surface area contributed by atoms with Crippen molar-refractivity contribution in [3.8, 4) is 5.88 Å². The average Bonchev–Trinajstić information content (AvgIpc) is 2.76. The van der Waals surface area contributed by atoms with Crippen molar-refractivity contribution >= 4 is 11.6 Å². The van der Waals surface area contributed by atoms with Gasteiger partial charge in [0.2, 0.25) is 11.8 Å². The summed E-state index contributed by atoms with van der Waals surface area (Å²) in [5.41, 5.74) is 6.26. The van der Waals surface area contributed by atoms with Crippen LogP contribution in [0.25, 0.3) is 0 Å². The lowest BCUT2D eigenvalue weighted by Crippen LogP contribution is -2.37. The molecule has 5 nitrogen and oxygen atoms in total. The summed E-state index contributed by atoms with van der Waals surface area (Å²) in [7, 11) is 0. The molecule has 1 aromatic rings. The number of nitrogens with two attached hydrogens (primary N) is 1. The second kappa shape index (κ2) is 5.03. The molecule has 2 rings (SSSR count). The Morgan fingerprint density at radius 2 is 2.53 bits per heavy atom. The van der Waals surface area contributed by atoms with Crippen LogP contribution in [0.1, 0.15) is 19.8 Å². The van der Waals surface area contributed by atoms with Crippen molar-refractivity contribution in [2.24, 2.45) is 0 Å². The van der Waals surface area contributed by atoms with Gasteiger partial charge in [0.15, 0.2) is 0 Å². The predicted molar refractivity (Wildman–Crippen MR) is 64.6 cm³/mol. The Hall–Kier alpha value is -1.78. The van der Waals surface area contributed by atoms with Gasteiger partial charge >= 0.3 is 0 Å². The van der Waals surface area contributed by atoms with Crippen molar-refractivity contribution in [2.45, 2.75) is 25.8 Å². The standard InChI is InChI=1S/C12H17N3O2/c1-9(16)15-7-3-4-10(15)8-17-12-11(13)5-2-6-14-12/h2,5-6,10H,3-4,7-8,13H2,1H3/t10-/m0/s1. The lowest BCUT2D eigenvalue weighted by Gasteiger charge is -2.23.